The first-order valence-corrected chi connectivity index (χ1v) is 5.91. The monoisotopic (exact) mass is 212 g/mol. The smallest absolute Gasteiger partial charge is 0.0847 e. The fourth-order valence-corrected chi connectivity index (χ4v) is 2.62. The van der Waals surface area contributed by atoms with Gasteiger partial charge in [0.25, 0.3) is 0 Å². The second kappa shape index (κ2) is 6.26. The molecule has 0 heterocycles. The Morgan fingerprint density at radius 2 is 2.00 bits per heavy atom. The van der Waals surface area contributed by atoms with Crippen molar-refractivity contribution in [2.24, 2.45) is 5.84 Å². The van der Waals surface area contributed by atoms with E-state index in [1.165, 1.54) is 25.7 Å². The van der Waals surface area contributed by atoms with Crippen molar-refractivity contribution in [2.45, 2.75) is 56.6 Å². The van der Waals surface area contributed by atoms with Crippen molar-refractivity contribution in [1.82, 2.24) is 5.43 Å². The quantitative estimate of drug-likeness (QED) is 0.318. The van der Waals surface area contributed by atoms with Crippen LogP contribution in [-0.2, 0) is 4.74 Å². The number of nitrogens with two attached hydrogens (primary N) is 1. The molecule has 1 saturated carbocycles. The van der Waals surface area contributed by atoms with Crippen LogP contribution in [-0.4, -0.2) is 18.8 Å². The Labute approximate surface area is 93.0 Å². The molecule has 0 aromatic heterocycles. The van der Waals surface area contributed by atoms with Gasteiger partial charge < -0.3 is 4.74 Å². The zero-order valence-electron chi connectivity index (χ0n) is 9.80. The molecule has 0 aromatic carbocycles. The van der Waals surface area contributed by atoms with Gasteiger partial charge in [0.2, 0.25) is 0 Å². The highest BCUT2D eigenvalue weighted by Crippen LogP contribution is 2.33. The van der Waals surface area contributed by atoms with Gasteiger partial charge in [-0.05, 0) is 19.3 Å². The van der Waals surface area contributed by atoms with Crippen LogP contribution in [0.5, 0.6) is 0 Å². The maximum Gasteiger partial charge on any atom is 0.0847 e. The van der Waals surface area contributed by atoms with Crippen LogP contribution < -0.4 is 11.3 Å². The summed E-state index contributed by atoms with van der Waals surface area (Å²) in [7, 11) is 1.80. The number of hydrazine groups is 1. The van der Waals surface area contributed by atoms with Gasteiger partial charge >= 0.3 is 0 Å². The number of rotatable bonds is 5. The van der Waals surface area contributed by atoms with Crippen molar-refractivity contribution in [3.63, 3.8) is 0 Å². The minimum Gasteiger partial charge on any atom is -0.377 e. The fraction of sp³-hybridized carbons (Fsp3) is 0.833. The van der Waals surface area contributed by atoms with Gasteiger partial charge in [-0.2, -0.15) is 0 Å². The van der Waals surface area contributed by atoms with Crippen LogP contribution in [0.3, 0.4) is 0 Å². The molecular weight excluding hydrogens is 188 g/mol. The van der Waals surface area contributed by atoms with Crippen LogP contribution in [0.4, 0.5) is 0 Å². The zero-order chi connectivity index (χ0) is 11.1. The van der Waals surface area contributed by atoms with Crippen molar-refractivity contribution in [3.8, 4) is 0 Å². The third-order valence-corrected chi connectivity index (χ3v) is 3.60. The Balaban J connectivity index is 2.73. The lowest BCUT2D eigenvalue weighted by molar-refractivity contribution is -0.0520. The van der Waals surface area contributed by atoms with Gasteiger partial charge in [0, 0.05) is 7.11 Å². The topological polar surface area (TPSA) is 47.3 Å². The minimum atomic E-state index is -0.0839. The SMILES string of the molecule is C=CCC(NN)C1(OC)CCCCCC1. The van der Waals surface area contributed by atoms with Crippen molar-refractivity contribution in [2.75, 3.05) is 7.11 Å². The summed E-state index contributed by atoms with van der Waals surface area (Å²) in [5, 5.41) is 0. The van der Waals surface area contributed by atoms with E-state index in [1.807, 2.05) is 6.08 Å². The molecule has 1 fully saturated rings. The number of methoxy groups -OCH3 is 1. The normalized spacial score (nSPS) is 23.1. The van der Waals surface area contributed by atoms with Gasteiger partial charge in [-0.3, -0.25) is 11.3 Å². The summed E-state index contributed by atoms with van der Waals surface area (Å²) in [6.07, 6.45) is 10.1. The molecule has 1 atom stereocenters. The average Bonchev–Trinajstić information content (AvgIpc) is 2.52. The maximum atomic E-state index is 5.77. The van der Waals surface area contributed by atoms with Crippen LogP contribution in [0.1, 0.15) is 44.9 Å². The van der Waals surface area contributed by atoms with Crippen LogP contribution in [0, 0.1) is 0 Å². The summed E-state index contributed by atoms with van der Waals surface area (Å²) in [5.41, 5.74) is 2.81. The van der Waals surface area contributed by atoms with E-state index < -0.39 is 0 Å². The molecule has 0 amide bonds. The fourth-order valence-electron chi connectivity index (χ4n) is 2.62. The molecule has 0 saturated heterocycles. The van der Waals surface area contributed by atoms with Crippen LogP contribution in [0.15, 0.2) is 12.7 Å². The molecule has 0 bridgehead atoms. The summed E-state index contributed by atoms with van der Waals surface area (Å²) < 4.78 is 5.77. The molecule has 0 aromatic rings. The van der Waals surface area contributed by atoms with Crippen molar-refractivity contribution in [1.29, 1.82) is 0 Å². The molecule has 3 N–H and O–H groups in total. The van der Waals surface area contributed by atoms with E-state index >= 15 is 0 Å². The number of ether oxygens (including phenoxy) is 1. The van der Waals surface area contributed by atoms with Gasteiger partial charge in [0.15, 0.2) is 0 Å². The molecule has 3 nitrogen and oxygen atoms in total. The third kappa shape index (κ3) is 3.03. The predicted molar refractivity (Wildman–Crippen MR) is 63.4 cm³/mol. The van der Waals surface area contributed by atoms with Gasteiger partial charge in [-0.15, -0.1) is 6.58 Å². The first kappa shape index (κ1) is 12.7. The van der Waals surface area contributed by atoms with Gasteiger partial charge in [-0.1, -0.05) is 31.8 Å². The largest absolute Gasteiger partial charge is 0.377 e. The summed E-state index contributed by atoms with van der Waals surface area (Å²) in [6, 6.07) is 0.193. The molecule has 88 valence electrons. The summed E-state index contributed by atoms with van der Waals surface area (Å²) >= 11 is 0. The van der Waals surface area contributed by atoms with E-state index in [0.717, 1.165) is 19.3 Å². The van der Waals surface area contributed by atoms with E-state index in [4.69, 9.17) is 10.6 Å². The lowest BCUT2D eigenvalue weighted by Crippen LogP contribution is -2.54. The Hall–Kier alpha value is -0.380. The summed E-state index contributed by atoms with van der Waals surface area (Å²) in [4.78, 5) is 0. The van der Waals surface area contributed by atoms with Crippen LogP contribution in [0.2, 0.25) is 0 Å². The number of hydrogen-bond acceptors (Lipinski definition) is 3. The highest BCUT2D eigenvalue weighted by molar-refractivity contribution is 4.96. The molecule has 15 heavy (non-hydrogen) atoms. The lowest BCUT2D eigenvalue weighted by Gasteiger charge is -2.38. The van der Waals surface area contributed by atoms with E-state index in [0.29, 0.717) is 0 Å². The summed E-state index contributed by atoms with van der Waals surface area (Å²) in [5.74, 6) is 5.62. The molecule has 1 unspecified atom stereocenters. The molecule has 1 aliphatic carbocycles. The second-order valence-electron chi connectivity index (χ2n) is 4.43. The van der Waals surface area contributed by atoms with Crippen molar-refractivity contribution >= 4 is 0 Å². The molecular formula is C12H24N2O. The molecule has 0 radical (unpaired) electrons. The Morgan fingerprint density at radius 3 is 2.40 bits per heavy atom. The lowest BCUT2D eigenvalue weighted by atomic mass is 9.84. The second-order valence-corrected chi connectivity index (χ2v) is 4.43. The van der Waals surface area contributed by atoms with Gasteiger partial charge in [-0.25, -0.2) is 0 Å². The van der Waals surface area contributed by atoms with Crippen LogP contribution >= 0.6 is 0 Å². The van der Waals surface area contributed by atoms with E-state index in [-0.39, 0.29) is 11.6 Å². The molecule has 1 rings (SSSR count). The minimum absolute atomic E-state index is 0.0839. The van der Waals surface area contributed by atoms with E-state index in [2.05, 4.69) is 12.0 Å². The first-order chi connectivity index (χ1) is 7.29. The Kier molecular flexibility index (Phi) is 5.29. The predicted octanol–water partition coefficient (Wildman–Crippen LogP) is 2.13. The average molecular weight is 212 g/mol. The van der Waals surface area contributed by atoms with Crippen molar-refractivity contribution in [3.05, 3.63) is 12.7 Å². The maximum absolute atomic E-state index is 5.77. The van der Waals surface area contributed by atoms with E-state index in [1.54, 1.807) is 7.11 Å². The standard InChI is InChI=1S/C12H24N2O/c1-3-8-11(14-13)12(15-2)9-6-4-5-7-10-12/h3,11,14H,1,4-10,13H2,2H3. The van der Waals surface area contributed by atoms with E-state index in [9.17, 15) is 0 Å². The highest BCUT2D eigenvalue weighted by Gasteiger charge is 2.37. The van der Waals surface area contributed by atoms with Crippen LogP contribution in [0.25, 0.3) is 0 Å². The number of nitrogens with one attached hydrogen (secondary N) is 1. The first-order valence-electron chi connectivity index (χ1n) is 5.91. The van der Waals surface area contributed by atoms with Gasteiger partial charge in [0.1, 0.15) is 0 Å². The highest BCUT2D eigenvalue weighted by atomic mass is 16.5. The number of hydrogen-bond donors (Lipinski definition) is 2. The summed E-state index contributed by atoms with van der Waals surface area (Å²) in [6.45, 7) is 3.78. The van der Waals surface area contributed by atoms with Crippen molar-refractivity contribution < 1.29 is 4.74 Å². The molecule has 3 heteroatoms. The Bertz CT molecular complexity index is 186. The van der Waals surface area contributed by atoms with Gasteiger partial charge in [0.05, 0.1) is 11.6 Å². The molecule has 0 aliphatic heterocycles. The third-order valence-electron chi connectivity index (χ3n) is 3.60. The zero-order valence-corrected chi connectivity index (χ0v) is 9.80. The molecule has 0 spiro atoms. The molecule has 1 aliphatic rings. The Morgan fingerprint density at radius 1 is 1.40 bits per heavy atom.